The van der Waals surface area contributed by atoms with Crippen molar-refractivity contribution in [3.63, 3.8) is 0 Å². The van der Waals surface area contributed by atoms with Crippen LogP contribution in [-0.4, -0.2) is 26.7 Å². The minimum Gasteiger partial charge on any atom is -0.394 e. The van der Waals surface area contributed by atoms with Gasteiger partial charge in [-0.1, -0.05) is 41.4 Å². The van der Waals surface area contributed by atoms with Gasteiger partial charge in [0, 0.05) is 10.0 Å². The molecule has 0 aromatic heterocycles. The second-order valence-electron chi connectivity index (χ2n) is 4.24. The van der Waals surface area contributed by atoms with Crippen LogP contribution in [0.3, 0.4) is 0 Å². The molecule has 0 heterocycles. The van der Waals surface area contributed by atoms with Crippen molar-refractivity contribution in [3.8, 4) is 0 Å². The molecule has 0 atom stereocenters. The van der Waals surface area contributed by atoms with Crippen LogP contribution < -0.4 is 4.31 Å². The molecule has 2 rings (SSSR count). The lowest BCUT2D eigenvalue weighted by atomic mass is 10.3. The van der Waals surface area contributed by atoms with Crippen LogP contribution in [0.15, 0.2) is 53.4 Å². The van der Waals surface area contributed by atoms with Crippen LogP contribution in [0.4, 0.5) is 5.69 Å². The quantitative estimate of drug-likeness (QED) is 0.905. The van der Waals surface area contributed by atoms with Gasteiger partial charge < -0.3 is 5.11 Å². The number of benzene rings is 2. The van der Waals surface area contributed by atoms with E-state index < -0.39 is 10.0 Å². The predicted octanol–water partition coefficient (Wildman–Crippen LogP) is 3.18. The van der Waals surface area contributed by atoms with Gasteiger partial charge in [0.25, 0.3) is 10.0 Å². The van der Waals surface area contributed by atoms with E-state index in [1.807, 2.05) is 0 Å². The summed E-state index contributed by atoms with van der Waals surface area (Å²) in [5.74, 6) is 0. The predicted molar refractivity (Wildman–Crippen MR) is 84.5 cm³/mol. The van der Waals surface area contributed by atoms with E-state index in [2.05, 4.69) is 0 Å². The smallest absolute Gasteiger partial charge is 0.264 e. The average molecular weight is 346 g/mol. The zero-order valence-electron chi connectivity index (χ0n) is 10.9. The molecule has 0 saturated carbocycles. The second kappa shape index (κ2) is 6.66. The van der Waals surface area contributed by atoms with Crippen molar-refractivity contribution in [2.75, 3.05) is 17.5 Å². The number of hydrogen-bond donors (Lipinski definition) is 1. The van der Waals surface area contributed by atoms with E-state index in [0.717, 1.165) is 4.31 Å². The van der Waals surface area contributed by atoms with Gasteiger partial charge in [0.05, 0.1) is 23.7 Å². The average Bonchev–Trinajstić information content (AvgIpc) is 2.44. The maximum Gasteiger partial charge on any atom is 0.264 e. The number of aliphatic hydroxyl groups is 1. The number of aliphatic hydroxyl groups excluding tert-OH is 1. The number of halogens is 2. The number of rotatable bonds is 5. The van der Waals surface area contributed by atoms with Gasteiger partial charge in [0.2, 0.25) is 0 Å². The molecular weight excluding hydrogens is 333 g/mol. The number of sulfonamides is 1. The SMILES string of the molecule is O=S(=O)(c1cc(Cl)cc(Cl)c1)N(CCO)c1ccccc1. The lowest BCUT2D eigenvalue weighted by Gasteiger charge is -2.23. The molecule has 4 nitrogen and oxygen atoms in total. The summed E-state index contributed by atoms with van der Waals surface area (Å²) in [6.07, 6.45) is 0. The molecule has 0 fully saturated rings. The fraction of sp³-hybridized carbons (Fsp3) is 0.143. The van der Waals surface area contributed by atoms with Crippen molar-refractivity contribution in [1.29, 1.82) is 0 Å². The van der Waals surface area contributed by atoms with Gasteiger partial charge >= 0.3 is 0 Å². The first-order valence-electron chi connectivity index (χ1n) is 6.10. The van der Waals surface area contributed by atoms with Crippen LogP contribution in [0.2, 0.25) is 10.0 Å². The highest BCUT2D eigenvalue weighted by molar-refractivity contribution is 7.92. The summed E-state index contributed by atoms with van der Waals surface area (Å²) < 4.78 is 26.6. The van der Waals surface area contributed by atoms with Crippen molar-refractivity contribution >= 4 is 38.9 Å². The van der Waals surface area contributed by atoms with E-state index >= 15 is 0 Å². The normalized spacial score (nSPS) is 11.4. The van der Waals surface area contributed by atoms with Gasteiger partial charge in [-0.05, 0) is 30.3 Å². The number of nitrogens with zero attached hydrogens (tertiary/aromatic N) is 1. The molecular formula is C14H13Cl2NO3S. The molecule has 21 heavy (non-hydrogen) atoms. The molecule has 2 aromatic carbocycles. The monoisotopic (exact) mass is 345 g/mol. The maximum absolute atomic E-state index is 12.7. The van der Waals surface area contributed by atoms with Crippen molar-refractivity contribution in [2.45, 2.75) is 4.90 Å². The van der Waals surface area contributed by atoms with Crippen LogP contribution in [0, 0.1) is 0 Å². The molecule has 1 N–H and O–H groups in total. The number of anilines is 1. The fourth-order valence-corrected chi connectivity index (χ4v) is 4.06. The molecule has 112 valence electrons. The molecule has 0 aliphatic heterocycles. The Kier molecular flexibility index (Phi) is 5.11. The Morgan fingerprint density at radius 2 is 1.57 bits per heavy atom. The van der Waals surface area contributed by atoms with Crippen molar-refractivity contribution < 1.29 is 13.5 Å². The Morgan fingerprint density at radius 3 is 2.10 bits per heavy atom. The summed E-state index contributed by atoms with van der Waals surface area (Å²) >= 11 is 11.7. The molecule has 7 heteroatoms. The highest BCUT2D eigenvalue weighted by Crippen LogP contribution is 2.27. The van der Waals surface area contributed by atoms with Crippen LogP contribution >= 0.6 is 23.2 Å². The first kappa shape index (κ1) is 16.1. The summed E-state index contributed by atoms with van der Waals surface area (Å²) in [6.45, 7) is -0.362. The van der Waals surface area contributed by atoms with Gasteiger partial charge in [-0.15, -0.1) is 0 Å². The van der Waals surface area contributed by atoms with Gasteiger partial charge in [-0.25, -0.2) is 8.42 Å². The van der Waals surface area contributed by atoms with Crippen LogP contribution in [0.1, 0.15) is 0 Å². The molecule has 0 unspecified atom stereocenters. The standard InChI is InChI=1S/C14H13Cl2NO3S/c15-11-8-12(16)10-14(9-11)21(19,20)17(6-7-18)13-4-2-1-3-5-13/h1-5,8-10,18H,6-7H2. The summed E-state index contributed by atoms with van der Waals surface area (Å²) in [6, 6.07) is 12.6. The summed E-state index contributed by atoms with van der Waals surface area (Å²) in [5.41, 5.74) is 0.461. The zero-order valence-corrected chi connectivity index (χ0v) is 13.2. The lowest BCUT2D eigenvalue weighted by molar-refractivity contribution is 0.306. The van der Waals surface area contributed by atoms with Crippen LogP contribution in [0.5, 0.6) is 0 Å². The minimum atomic E-state index is -3.86. The van der Waals surface area contributed by atoms with Crippen LogP contribution in [0.25, 0.3) is 0 Å². The van der Waals surface area contributed by atoms with E-state index in [4.69, 9.17) is 28.3 Å². The van der Waals surface area contributed by atoms with Gasteiger partial charge in [-0.3, -0.25) is 4.31 Å². The van der Waals surface area contributed by atoms with Gasteiger partial charge in [0.1, 0.15) is 0 Å². The molecule has 0 aliphatic rings. The fourth-order valence-electron chi connectivity index (χ4n) is 1.88. The molecule has 0 bridgehead atoms. The highest BCUT2D eigenvalue weighted by atomic mass is 35.5. The summed E-state index contributed by atoms with van der Waals surface area (Å²) in [7, 11) is -3.86. The topological polar surface area (TPSA) is 57.6 Å². The first-order chi connectivity index (χ1) is 9.95. The third-order valence-corrected chi connectivity index (χ3v) is 5.01. The highest BCUT2D eigenvalue weighted by Gasteiger charge is 2.25. The van der Waals surface area contributed by atoms with Gasteiger partial charge in [0.15, 0.2) is 0 Å². The lowest BCUT2D eigenvalue weighted by Crippen LogP contribution is -2.33. The van der Waals surface area contributed by atoms with Gasteiger partial charge in [-0.2, -0.15) is 0 Å². The number of hydrogen-bond acceptors (Lipinski definition) is 3. The Hall–Kier alpha value is -1.27. The molecule has 0 radical (unpaired) electrons. The Morgan fingerprint density at radius 1 is 1.00 bits per heavy atom. The molecule has 0 amide bonds. The zero-order chi connectivity index (χ0) is 15.5. The Bertz CT molecular complexity index is 700. The van der Waals surface area contributed by atoms with Crippen molar-refractivity contribution in [3.05, 3.63) is 58.6 Å². The van der Waals surface area contributed by atoms with Crippen LogP contribution in [-0.2, 0) is 10.0 Å². The first-order valence-corrected chi connectivity index (χ1v) is 8.29. The van der Waals surface area contributed by atoms with E-state index in [-0.39, 0.29) is 28.1 Å². The van der Waals surface area contributed by atoms with Crippen molar-refractivity contribution in [1.82, 2.24) is 0 Å². The molecule has 0 spiro atoms. The molecule has 0 saturated heterocycles. The van der Waals surface area contributed by atoms with E-state index in [1.165, 1.54) is 18.2 Å². The Labute approximate surface area is 133 Å². The maximum atomic E-state index is 12.7. The summed E-state index contributed by atoms with van der Waals surface area (Å²) in [4.78, 5) is -0.0164. The minimum absolute atomic E-state index is 0.0164. The van der Waals surface area contributed by atoms with Crippen molar-refractivity contribution in [2.24, 2.45) is 0 Å². The second-order valence-corrected chi connectivity index (χ2v) is 6.98. The molecule has 2 aromatic rings. The van der Waals surface area contributed by atoms with E-state index in [9.17, 15) is 8.42 Å². The summed E-state index contributed by atoms with van der Waals surface area (Å²) in [5, 5.41) is 9.63. The third-order valence-electron chi connectivity index (χ3n) is 2.77. The van der Waals surface area contributed by atoms with E-state index in [1.54, 1.807) is 30.3 Å². The molecule has 0 aliphatic carbocycles. The van der Waals surface area contributed by atoms with E-state index in [0.29, 0.717) is 5.69 Å². The number of para-hydroxylation sites is 1. The Balaban J connectivity index is 2.52. The third kappa shape index (κ3) is 3.68. The largest absolute Gasteiger partial charge is 0.394 e.